The average Bonchev–Trinajstić information content (AvgIpc) is 2.34. The maximum absolute atomic E-state index is 10.8. The zero-order valence-corrected chi connectivity index (χ0v) is 6.68. The summed E-state index contributed by atoms with van der Waals surface area (Å²) in [5, 5.41) is 0. The van der Waals surface area contributed by atoms with Crippen LogP contribution >= 0.6 is 0 Å². The van der Waals surface area contributed by atoms with E-state index in [1.807, 2.05) is 6.08 Å². The molecule has 56 valence electrons. The number of carbonyl (C=O) groups excluding carboxylic acids is 1. The van der Waals surface area contributed by atoms with Gasteiger partial charge in [-0.3, -0.25) is 4.79 Å². The van der Waals surface area contributed by atoms with E-state index in [0.29, 0.717) is 11.7 Å². The standard InChI is InChI=1S/C9H14O/c1-3-7(2)8-4-5-9(10)6-8/h6-7H,3-5H2,1-2H3. The second-order valence-corrected chi connectivity index (χ2v) is 2.99. The molecule has 0 spiro atoms. The molecule has 0 aliphatic heterocycles. The summed E-state index contributed by atoms with van der Waals surface area (Å²) >= 11 is 0. The normalized spacial score (nSPS) is 21.0. The van der Waals surface area contributed by atoms with E-state index < -0.39 is 0 Å². The summed E-state index contributed by atoms with van der Waals surface area (Å²) in [5.74, 6) is 0.932. The van der Waals surface area contributed by atoms with E-state index in [1.165, 1.54) is 5.57 Å². The second kappa shape index (κ2) is 3.00. The monoisotopic (exact) mass is 138 g/mol. The second-order valence-electron chi connectivity index (χ2n) is 2.99. The molecule has 0 heterocycles. The van der Waals surface area contributed by atoms with Gasteiger partial charge in [0.15, 0.2) is 5.78 Å². The van der Waals surface area contributed by atoms with Crippen LogP contribution in [0.3, 0.4) is 0 Å². The van der Waals surface area contributed by atoms with Crippen molar-refractivity contribution in [2.75, 3.05) is 0 Å². The number of hydrogen-bond donors (Lipinski definition) is 0. The molecule has 1 heteroatoms. The molecule has 1 atom stereocenters. The van der Waals surface area contributed by atoms with Crippen LogP contribution < -0.4 is 0 Å². The van der Waals surface area contributed by atoms with Crippen LogP contribution in [-0.2, 0) is 4.79 Å². The minimum Gasteiger partial charge on any atom is -0.295 e. The fraction of sp³-hybridized carbons (Fsp3) is 0.667. The predicted molar refractivity (Wildman–Crippen MR) is 41.8 cm³/mol. The highest BCUT2D eigenvalue weighted by atomic mass is 16.1. The first-order chi connectivity index (χ1) is 4.74. The van der Waals surface area contributed by atoms with Crippen LogP contribution in [0.4, 0.5) is 0 Å². The first-order valence-corrected chi connectivity index (χ1v) is 3.97. The summed E-state index contributed by atoms with van der Waals surface area (Å²) < 4.78 is 0. The van der Waals surface area contributed by atoms with E-state index >= 15 is 0 Å². The quantitative estimate of drug-likeness (QED) is 0.572. The molecule has 0 saturated carbocycles. The maximum Gasteiger partial charge on any atom is 0.155 e. The van der Waals surface area contributed by atoms with Crippen LogP contribution in [0.25, 0.3) is 0 Å². The summed E-state index contributed by atoms with van der Waals surface area (Å²) in [6.07, 6.45) is 4.74. The molecule has 1 aliphatic rings. The van der Waals surface area contributed by atoms with Crippen molar-refractivity contribution >= 4 is 5.78 Å². The molecular weight excluding hydrogens is 124 g/mol. The van der Waals surface area contributed by atoms with Gasteiger partial charge in [-0.2, -0.15) is 0 Å². The van der Waals surface area contributed by atoms with Crippen molar-refractivity contribution in [1.82, 2.24) is 0 Å². The third-order valence-electron chi connectivity index (χ3n) is 2.25. The zero-order chi connectivity index (χ0) is 7.56. The Kier molecular flexibility index (Phi) is 2.25. The van der Waals surface area contributed by atoms with Gasteiger partial charge in [0.05, 0.1) is 0 Å². The van der Waals surface area contributed by atoms with Gasteiger partial charge in [-0.15, -0.1) is 0 Å². The Morgan fingerprint density at radius 1 is 1.60 bits per heavy atom. The molecule has 0 radical (unpaired) electrons. The Morgan fingerprint density at radius 2 is 2.30 bits per heavy atom. The minimum absolute atomic E-state index is 0.315. The SMILES string of the molecule is CCC(C)C1=CC(=O)CC1. The van der Waals surface area contributed by atoms with Crippen molar-refractivity contribution in [2.24, 2.45) is 5.92 Å². The van der Waals surface area contributed by atoms with Gasteiger partial charge < -0.3 is 0 Å². The molecule has 0 amide bonds. The highest BCUT2D eigenvalue weighted by Gasteiger charge is 2.15. The lowest BCUT2D eigenvalue weighted by atomic mass is 9.98. The Labute approximate surface area is 62.1 Å². The van der Waals surface area contributed by atoms with Crippen molar-refractivity contribution in [3.05, 3.63) is 11.6 Å². The van der Waals surface area contributed by atoms with E-state index in [0.717, 1.165) is 19.3 Å². The van der Waals surface area contributed by atoms with Gasteiger partial charge in [-0.1, -0.05) is 19.4 Å². The molecule has 10 heavy (non-hydrogen) atoms. The Balaban J connectivity index is 2.57. The molecule has 0 bridgehead atoms. The van der Waals surface area contributed by atoms with E-state index in [1.54, 1.807) is 0 Å². The highest BCUT2D eigenvalue weighted by Crippen LogP contribution is 2.24. The Bertz CT molecular complexity index is 168. The fourth-order valence-electron chi connectivity index (χ4n) is 1.27. The lowest BCUT2D eigenvalue weighted by Crippen LogP contribution is -1.93. The van der Waals surface area contributed by atoms with E-state index in [2.05, 4.69) is 13.8 Å². The van der Waals surface area contributed by atoms with Gasteiger partial charge in [0.1, 0.15) is 0 Å². The number of ketones is 1. The summed E-state index contributed by atoms with van der Waals surface area (Å²) in [4.78, 5) is 10.8. The van der Waals surface area contributed by atoms with Crippen molar-refractivity contribution in [3.8, 4) is 0 Å². The van der Waals surface area contributed by atoms with Crippen molar-refractivity contribution in [2.45, 2.75) is 33.1 Å². The van der Waals surface area contributed by atoms with Crippen LogP contribution in [0, 0.1) is 5.92 Å². The van der Waals surface area contributed by atoms with Gasteiger partial charge in [-0.25, -0.2) is 0 Å². The van der Waals surface area contributed by atoms with Gasteiger partial charge in [-0.05, 0) is 24.8 Å². The number of carbonyl (C=O) groups is 1. The minimum atomic E-state index is 0.315. The topological polar surface area (TPSA) is 17.1 Å². The van der Waals surface area contributed by atoms with Gasteiger partial charge in [0, 0.05) is 6.42 Å². The van der Waals surface area contributed by atoms with Crippen LogP contribution in [0.1, 0.15) is 33.1 Å². The molecule has 1 aliphatic carbocycles. The van der Waals surface area contributed by atoms with E-state index in [4.69, 9.17) is 0 Å². The molecule has 0 saturated heterocycles. The molecule has 0 fully saturated rings. The number of rotatable bonds is 2. The van der Waals surface area contributed by atoms with Gasteiger partial charge in [0.2, 0.25) is 0 Å². The number of allylic oxidation sites excluding steroid dienone is 2. The summed E-state index contributed by atoms with van der Waals surface area (Å²) in [5.41, 5.74) is 1.35. The van der Waals surface area contributed by atoms with Crippen LogP contribution in [-0.4, -0.2) is 5.78 Å². The first-order valence-electron chi connectivity index (χ1n) is 3.97. The van der Waals surface area contributed by atoms with Crippen molar-refractivity contribution < 1.29 is 4.79 Å². The first kappa shape index (κ1) is 7.52. The van der Waals surface area contributed by atoms with E-state index in [9.17, 15) is 4.79 Å². The smallest absolute Gasteiger partial charge is 0.155 e. The summed E-state index contributed by atoms with van der Waals surface area (Å²) in [7, 11) is 0. The Hall–Kier alpha value is -0.590. The fourth-order valence-corrected chi connectivity index (χ4v) is 1.27. The van der Waals surface area contributed by atoms with E-state index in [-0.39, 0.29) is 0 Å². The lowest BCUT2D eigenvalue weighted by molar-refractivity contribution is -0.114. The Morgan fingerprint density at radius 3 is 2.70 bits per heavy atom. The van der Waals surface area contributed by atoms with Crippen LogP contribution in [0.5, 0.6) is 0 Å². The molecular formula is C9H14O. The zero-order valence-electron chi connectivity index (χ0n) is 6.68. The molecule has 0 aromatic rings. The predicted octanol–water partition coefficient (Wildman–Crippen LogP) is 2.32. The molecule has 0 N–H and O–H groups in total. The van der Waals surface area contributed by atoms with Crippen molar-refractivity contribution in [1.29, 1.82) is 0 Å². The molecule has 1 nitrogen and oxygen atoms in total. The molecule has 1 rings (SSSR count). The molecule has 0 aromatic carbocycles. The summed E-state index contributed by atoms with van der Waals surface area (Å²) in [6, 6.07) is 0. The average molecular weight is 138 g/mol. The van der Waals surface area contributed by atoms with Crippen LogP contribution in [0.15, 0.2) is 11.6 Å². The largest absolute Gasteiger partial charge is 0.295 e. The van der Waals surface area contributed by atoms with Gasteiger partial charge >= 0.3 is 0 Å². The lowest BCUT2D eigenvalue weighted by Gasteiger charge is -2.07. The van der Waals surface area contributed by atoms with Gasteiger partial charge in [0.25, 0.3) is 0 Å². The molecule has 1 unspecified atom stereocenters. The highest BCUT2D eigenvalue weighted by molar-refractivity contribution is 5.93. The third kappa shape index (κ3) is 1.47. The third-order valence-corrected chi connectivity index (χ3v) is 2.25. The number of hydrogen-bond acceptors (Lipinski definition) is 1. The molecule has 0 aromatic heterocycles. The maximum atomic E-state index is 10.8. The van der Waals surface area contributed by atoms with Crippen LogP contribution in [0.2, 0.25) is 0 Å². The van der Waals surface area contributed by atoms with Crippen molar-refractivity contribution in [3.63, 3.8) is 0 Å². The summed E-state index contributed by atoms with van der Waals surface area (Å²) in [6.45, 7) is 4.35.